The van der Waals surface area contributed by atoms with Crippen molar-refractivity contribution < 1.29 is 28.3 Å². The predicted molar refractivity (Wildman–Crippen MR) is 143 cm³/mol. The number of carboxylic acid groups (broad SMARTS) is 1. The summed E-state index contributed by atoms with van der Waals surface area (Å²) < 4.78 is 29.4. The molecule has 0 saturated heterocycles. The maximum atomic E-state index is 14.7. The summed E-state index contributed by atoms with van der Waals surface area (Å²) in [7, 11) is 0. The van der Waals surface area contributed by atoms with Gasteiger partial charge in [0.15, 0.2) is 5.78 Å². The largest absolute Gasteiger partial charge is 0.481 e. The van der Waals surface area contributed by atoms with Gasteiger partial charge in [0.1, 0.15) is 5.92 Å². The van der Waals surface area contributed by atoms with Gasteiger partial charge in [-0.15, -0.1) is 0 Å². The molecule has 0 bridgehead atoms. The number of carboxylic acids is 1. The molecular formula is C27H42ClF2N3O4. The first-order valence-corrected chi connectivity index (χ1v) is 13.3. The van der Waals surface area contributed by atoms with Crippen LogP contribution in [0.4, 0.5) is 8.78 Å². The van der Waals surface area contributed by atoms with Crippen LogP contribution in [0.25, 0.3) is 0 Å². The fourth-order valence-corrected chi connectivity index (χ4v) is 4.81. The summed E-state index contributed by atoms with van der Waals surface area (Å²) in [4.78, 5) is 43.0. The number of alkyl halides is 2. The van der Waals surface area contributed by atoms with E-state index in [2.05, 4.69) is 4.99 Å². The minimum absolute atomic E-state index is 0.0843. The normalized spacial score (nSPS) is 17.7. The molecule has 2 N–H and O–H groups in total. The van der Waals surface area contributed by atoms with Crippen molar-refractivity contribution >= 4 is 41.2 Å². The Balaban J connectivity index is 3.20. The Hall–Kier alpha value is -2.16. The first-order valence-electron chi connectivity index (χ1n) is 12.9. The standard InChI is InChI=1S/C27H42ClF2N3O4/c1-6-25(3,4)18-33(17-20(34)15-19(2)28)23(35)21(16-31)22(26(5,29)30)32-14-10-13-27(24(36)37)11-8-7-9-12-27/h15-16,21,31H,6-14,17-18H2,1-5H3,(H,36,37)/b19-15-,31-16?,32-22?. The van der Waals surface area contributed by atoms with Crippen molar-refractivity contribution in [2.45, 2.75) is 91.9 Å². The average molecular weight is 546 g/mol. The van der Waals surface area contributed by atoms with Crippen molar-refractivity contribution in [2.24, 2.45) is 21.7 Å². The number of carbonyl (C=O) groups excluding carboxylic acids is 2. The van der Waals surface area contributed by atoms with E-state index in [9.17, 15) is 28.3 Å². The summed E-state index contributed by atoms with van der Waals surface area (Å²) in [6.07, 6.45) is 6.79. The van der Waals surface area contributed by atoms with Gasteiger partial charge in [0.05, 0.1) is 17.7 Å². The van der Waals surface area contributed by atoms with Crippen molar-refractivity contribution in [3.05, 3.63) is 11.1 Å². The van der Waals surface area contributed by atoms with Crippen LogP contribution >= 0.6 is 11.6 Å². The van der Waals surface area contributed by atoms with Gasteiger partial charge in [-0.2, -0.15) is 0 Å². The molecule has 0 aromatic heterocycles. The quantitative estimate of drug-likeness (QED) is 0.146. The minimum Gasteiger partial charge on any atom is -0.481 e. The van der Waals surface area contributed by atoms with Gasteiger partial charge in [-0.1, -0.05) is 51.6 Å². The second-order valence-electron chi connectivity index (χ2n) is 11.0. The van der Waals surface area contributed by atoms with Gasteiger partial charge in [0, 0.05) is 31.3 Å². The van der Waals surface area contributed by atoms with Gasteiger partial charge in [0.2, 0.25) is 5.91 Å². The van der Waals surface area contributed by atoms with E-state index in [4.69, 9.17) is 17.0 Å². The lowest BCUT2D eigenvalue weighted by atomic mass is 9.71. The molecular weight excluding hydrogens is 504 g/mol. The monoisotopic (exact) mass is 545 g/mol. The van der Waals surface area contributed by atoms with Crippen LogP contribution in [0.2, 0.25) is 0 Å². The number of hydrogen-bond donors (Lipinski definition) is 2. The summed E-state index contributed by atoms with van der Waals surface area (Å²) in [5.74, 6) is -7.27. The lowest BCUT2D eigenvalue weighted by molar-refractivity contribution is -0.151. The van der Waals surface area contributed by atoms with Gasteiger partial charge in [0.25, 0.3) is 5.92 Å². The zero-order valence-corrected chi connectivity index (χ0v) is 23.5. The fourth-order valence-electron chi connectivity index (χ4n) is 4.69. The zero-order valence-electron chi connectivity index (χ0n) is 22.7. The van der Waals surface area contributed by atoms with Crippen LogP contribution in [0.15, 0.2) is 16.1 Å². The molecule has 0 aromatic carbocycles. The molecule has 0 spiro atoms. The third-order valence-corrected chi connectivity index (χ3v) is 7.24. The van der Waals surface area contributed by atoms with Gasteiger partial charge in [-0.25, -0.2) is 8.78 Å². The van der Waals surface area contributed by atoms with Crippen LogP contribution in [-0.2, 0) is 14.4 Å². The molecule has 0 aliphatic heterocycles. The van der Waals surface area contributed by atoms with Crippen molar-refractivity contribution in [3.8, 4) is 0 Å². The molecule has 1 atom stereocenters. The van der Waals surface area contributed by atoms with Crippen molar-refractivity contribution in [1.29, 1.82) is 5.41 Å². The molecule has 1 aliphatic carbocycles. The molecule has 0 heterocycles. The summed E-state index contributed by atoms with van der Waals surface area (Å²) >= 11 is 5.80. The molecule has 10 heteroatoms. The minimum atomic E-state index is -3.49. The third kappa shape index (κ3) is 10.3. The van der Waals surface area contributed by atoms with E-state index in [-0.39, 0.29) is 31.1 Å². The van der Waals surface area contributed by atoms with Crippen LogP contribution in [0, 0.1) is 22.2 Å². The van der Waals surface area contributed by atoms with E-state index < -0.39 is 46.0 Å². The Bertz CT molecular complexity index is 887. The molecule has 0 aromatic rings. The molecule has 1 aliphatic rings. The summed E-state index contributed by atoms with van der Waals surface area (Å²) in [6, 6.07) is 0. The Labute approximate surface area is 224 Å². The maximum Gasteiger partial charge on any atom is 0.309 e. The maximum absolute atomic E-state index is 14.7. The smallest absolute Gasteiger partial charge is 0.309 e. The highest BCUT2D eigenvalue weighted by molar-refractivity contribution is 6.30. The number of aliphatic imine (C=N–C) groups is 1. The molecule has 1 unspecified atom stereocenters. The van der Waals surface area contributed by atoms with Crippen LogP contribution in [0.1, 0.15) is 86.0 Å². The summed E-state index contributed by atoms with van der Waals surface area (Å²) in [6.45, 7) is 7.54. The number of halogens is 3. The second kappa shape index (κ2) is 14.1. The SMILES string of the molecule is CCC(C)(C)CN(CC(=O)/C=C(/C)Cl)C(=O)C(C=N)C(=NCCCC1(C(=O)O)CCCCC1)C(C)(F)F. The average Bonchev–Trinajstić information content (AvgIpc) is 2.79. The van der Waals surface area contributed by atoms with Crippen molar-refractivity contribution in [2.75, 3.05) is 19.6 Å². The number of hydrogen-bond acceptors (Lipinski definition) is 5. The van der Waals surface area contributed by atoms with E-state index in [1.165, 1.54) is 17.9 Å². The molecule has 7 nitrogen and oxygen atoms in total. The lowest BCUT2D eigenvalue weighted by Crippen LogP contribution is -2.49. The number of nitrogens with one attached hydrogen (secondary N) is 1. The first-order chi connectivity index (χ1) is 17.1. The number of allylic oxidation sites excluding steroid dienone is 1. The second-order valence-corrected chi connectivity index (χ2v) is 11.6. The van der Waals surface area contributed by atoms with E-state index in [0.717, 1.165) is 19.3 Å². The topological polar surface area (TPSA) is 111 Å². The van der Waals surface area contributed by atoms with Crippen LogP contribution in [0.3, 0.4) is 0 Å². The van der Waals surface area contributed by atoms with Crippen LogP contribution < -0.4 is 0 Å². The van der Waals surface area contributed by atoms with Crippen molar-refractivity contribution in [3.63, 3.8) is 0 Å². The molecule has 1 rings (SSSR count). The fraction of sp³-hybridized carbons (Fsp3) is 0.741. The van der Waals surface area contributed by atoms with Gasteiger partial charge >= 0.3 is 5.97 Å². The Kier molecular flexibility index (Phi) is 12.5. The molecule has 1 fully saturated rings. The first kappa shape index (κ1) is 32.9. The van der Waals surface area contributed by atoms with E-state index >= 15 is 0 Å². The molecule has 0 radical (unpaired) electrons. The highest BCUT2D eigenvalue weighted by Gasteiger charge is 2.42. The molecule has 1 amide bonds. The van der Waals surface area contributed by atoms with Crippen molar-refractivity contribution in [1.82, 2.24) is 4.90 Å². The Morgan fingerprint density at radius 2 is 1.78 bits per heavy atom. The van der Waals surface area contributed by atoms with E-state index in [0.29, 0.717) is 38.8 Å². The lowest BCUT2D eigenvalue weighted by Gasteiger charge is -2.34. The summed E-state index contributed by atoms with van der Waals surface area (Å²) in [5.41, 5.74) is -2.02. The Morgan fingerprint density at radius 1 is 1.19 bits per heavy atom. The predicted octanol–water partition coefficient (Wildman–Crippen LogP) is 6.14. The van der Waals surface area contributed by atoms with Gasteiger partial charge in [-0.05, 0) is 50.5 Å². The van der Waals surface area contributed by atoms with Crippen LogP contribution in [-0.4, -0.2) is 65.1 Å². The highest BCUT2D eigenvalue weighted by Crippen LogP contribution is 2.40. The number of nitrogens with zero attached hydrogens (tertiary/aromatic N) is 2. The molecule has 210 valence electrons. The van der Waals surface area contributed by atoms with E-state index in [1.807, 2.05) is 20.8 Å². The number of ketones is 1. The summed E-state index contributed by atoms with van der Waals surface area (Å²) in [5, 5.41) is 17.8. The molecule has 37 heavy (non-hydrogen) atoms. The van der Waals surface area contributed by atoms with Crippen LogP contribution in [0.5, 0.6) is 0 Å². The number of rotatable bonds is 15. The third-order valence-electron chi connectivity index (χ3n) is 7.13. The zero-order chi connectivity index (χ0) is 28.4. The number of aliphatic carboxylic acids is 1. The van der Waals surface area contributed by atoms with Gasteiger partial charge < -0.3 is 15.4 Å². The number of carbonyl (C=O) groups is 3. The highest BCUT2D eigenvalue weighted by atomic mass is 35.5. The van der Waals surface area contributed by atoms with Gasteiger partial charge in [-0.3, -0.25) is 19.4 Å². The number of amides is 1. The van der Waals surface area contributed by atoms with E-state index in [1.54, 1.807) is 0 Å². The molecule has 1 saturated carbocycles. The Morgan fingerprint density at radius 3 is 2.24 bits per heavy atom.